The monoisotopic (exact) mass is 282 g/mol. The number of nitrogens with zero attached hydrogens (tertiary/aromatic N) is 1. The molecule has 1 aliphatic carbocycles. The number of amides is 2. The number of likely N-dealkylation sites (tertiary alicyclic amines) is 1. The molecule has 2 heterocycles. The van der Waals surface area contributed by atoms with Crippen molar-refractivity contribution in [3.05, 3.63) is 0 Å². The SMILES string of the molecule is O=C(NCC1CCCO1)N1CCC2(O)CCCCC2C1. The van der Waals surface area contributed by atoms with Gasteiger partial charge in [-0.3, -0.25) is 0 Å². The topological polar surface area (TPSA) is 61.8 Å². The highest BCUT2D eigenvalue weighted by molar-refractivity contribution is 5.74. The van der Waals surface area contributed by atoms with E-state index in [9.17, 15) is 9.90 Å². The molecule has 20 heavy (non-hydrogen) atoms. The molecule has 2 amide bonds. The van der Waals surface area contributed by atoms with E-state index in [2.05, 4.69) is 5.32 Å². The molecule has 3 atom stereocenters. The number of fused-ring (bicyclic) bond motifs is 1. The molecule has 3 rings (SSSR count). The molecule has 114 valence electrons. The lowest BCUT2D eigenvalue weighted by atomic mass is 9.71. The number of urea groups is 1. The average Bonchev–Trinajstić information content (AvgIpc) is 2.97. The molecule has 2 aliphatic heterocycles. The minimum absolute atomic E-state index is 0.00752. The molecular formula is C15H26N2O3. The van der Waals surface area contributed by atoms with Crippen LogP contribution in [0, 0.1) is 5.92 Å². The molecular weight excluding hydrogens is 256 g/mol. The van der Waals surface area contributed by atoms with Crippen LogP contribution in [0.2, 0.25) is 0 Å². The van der Waals surface area contributed by atoms with Crippen LogP contribution in [-0.2, 0) is 4.74 Å². The van der Waals surface area contributed by atoms with E-state index in [1.165, 1.54) is 6.42 Å². The van der Waals surface area contributed by atoms with E-state index in [0.29, 0.717) is 19.6 Å². The maximum absolute atomic E-state index is 12.2. The van der Waals surface area contributed by atoms with E-state index in [-0.39, 0.29) is 18.1 Å². The molecule has 0 aromatic rings. The molecule has 3 aliphatic rings. The van der Waals surface area contributed by atoms with Gasteiger partial charge in [-0.15, -0.1) is 0 Å². The molecule has 0 aromatic heterocycles. The van der Waals surface area contributed by atoms with Crippen LogP contribution in [0.5, 0.6) is 0 Å². The highest BCUT2D eigenvalue weighted by Crippen LogP contribution is 2.39. The van der Waals surface area contributed by atoms with Gasteiger partial charge in [-0.1, -0.05) is 12.8 Å². The van der Waals surface area contributed by atoms with Gasteiger partial charge >= 0.3 is 6.03 Å². The Balaban J connectivity index is 1.49. The minimum atomic E-state index is -0.510. The van der Waals surface area contributed by atoms with E-state index < -0.39 is 5.60 Å². The van der Waals surface area contributed by atoms with E-state index in [4.69, 9.17) is 4.74 Å². The van der Waals surface area contributed by atoms with Crippen LogP contribution in [0.3, 0.4) is 0 Å². The highest BCUT2D eigenvalue weighted by atomic mass is 16.5. The van der Waals surface area contributed by atoms with Crippen LogP contribution in [-0.4, -0.2) is 54.0 Å². The van der Waals surface area contributed by atoms with Gasteiger partial charge in [0.1, 0.15) is 0 Å². The lowest BCUT2D eigenvalue weighted by Gasteiger charge is -2.47. The van der Waals surface area contributed by atoms with Crippen molar-refractivity contribution in [1.29, 1.82) is 0 Å². The second-order valence-corrected chi connectivity index (χ2v) is 6.56. The third-order valence-electron chi connectivity index (χ3n) is 5.22. The molecule has 1 saturated carbocycles. The Labute approximate surface area is 120 Å². The molecule has 0 aromatic carbocycles. The number of rotatable bonds is 2. The van der Waals surface area contributed by atoms with Crippen molar-refractivity contribution in [2.75, 3.05) is 26.2 Å². The Hall–Kier alpha value is -0.810. The normalized spacial score (nSPS) is 37.5. The molecule has 2 saturated heterocycles. The van der Waals surface area contributed by atoms with Gasteiger partial charge < -0.3 is 20.1 Å². The number of hydrogen-bond acceptors (Lipinski definition) is 3. The van der Waals surface area contributed by atoms with E-state index in [1.807, 2.05) is 4.90 Å². The first kappa shape index (κ1) is 14.1. The molecule has 3 unspecified atom stereocenters. The minimum Gasteiger partial charge on any atom is -0.389 e. The van der Waals surface area contributed by atoms with Gasteiger partial charge in [0.25, 0.3) is 0 Å². The van der Waals surface area contributed by atoms with E-state index in [0.717, 1.165) is 45.1 Å². The smallest absolute Gasteiger partial charge is 0.317 e. The van der Waals surface area contributed by atoms with Crippen molar-refractivity contribution >= 4 is 6.03 Å². The zero-order chi connectivity index (χ0) is 14.0. The largest absolute Gasteiger partial charge is 0.389 e. The summed E-state index contributed by atoms with van der Waals surface area (Å²) in [6.45, 7) is 2.81. The zero-order valence-corrected chi connectivity index (χ0v) is 12.1. The third kappa shape index (κ3) is 2.93. The fourth-order valence-corrected chi connectivity index (χ4v) is 3.87. The molecule has 2 N–H and O–H groups in total. The number of aliphatic hydroxyl groups is 1. The number of carbonyl (C=O) groups is 1. The predicted molar refractivity (Wildman–Crippen MR) is 75.5 cm³/mol. The van der Waals surface area contributed by atoms with Crippen molar-refractivity contribution in [3.8, 4) is 0 Å². The Kier molecular flexibility index (Phi) is 4.17. The van der Waals surface area contributed by atoms with Crippen LogP contribution in [0.25, 0.3) is 0 Å². The van der Waals surface area contributed by atoms with E-state index in [1.54, 1.807) is 0 Å². The second kappa shape index (κ2) is 5.90. The van der Waals surface area contributed by atoms with Crippen molar-refractivity contribution in [1.82, 2.24) is 10.2 Å². The van der Waals surface area contributed by atoms with Gasteiger partial charge in [0.05, 0.1) is 11.7 Å². The zero-order valence-electron chi connectivity index (χ0n) is 12.1. The summed E-state index contributed by atoms with van der Waals surface area (Å²) >= 11 is 0. The average molecular weight is 282 g/mol. The summed E-state index contributed by atoms with van der Waals surface area (Å²) in [7, 11) is 0. The van der Waals surface area contributed by atoms with Gasteiger partial charge in [-0.25, -0.2) is 4.79 Å². The van der Waals surface area contributed by atoms with Crippen molar-refractivity contribution < 1.29 is 14.6 Å². The van der Waals surface area contributed by atoms with Crippen LogP contribution >= 0.6 is 0 Å². The van der Waals surface area contributed by atoms with Crippen molar-refractivity contribution in [2.45, 2.75) is 56.7 Å². The Morgan fingerprint density at radius 3 is 3.00 bits per heavy atom. The highest BCUT2D eigenvalue weighted by Gasteiger charge is 2.43. The first-order valence-corrected chi connectivity index (χ1v) is 8.04. The fourth-order valence-electron chi connectivity index (χ4n) is 3.87. The van der Waals surface area contributed by atoms with Gasteiger partial charge in [0.2, 0.25) is 0 Å². The molecule has 5 nitrogen and oxygen atoms in total. The molecule has 0 bridgehead atoms. The van der Waals surface area contributed by atoms with Crippen molar-refractivity contribution in [3.63, 3.8) is 0 Å². The lowest BCUT2D eigenvalue weighted by molar-refractivity contribution is -0.0871. The second-order valence-electron chi connectivity index (χ2n) is 6.56. The first-order chi connectivity index (χ1) is 9.67. The Morgan fingerprint density at radius 2 is 2.20 bits per heavy atom. The number of ether oxygens (including phenoxy) is 1. The number of hydrogen-bond donors (Lipinski definition) is 2. The quantitative estimate of drug-likeness (QED) is 0.807. The Bertz CT molecular complexity index is 357. The van der Waals surface area contributed by atoms with E-state index >= 15 is 0 Å². The summed E-state index contributed by atoms with van der Waals surface area (Å²) in [5.74, 6) is 0.262. The molecule has 3 fully saturated rings. The fraction of sp³-hybridized carbons (Fsp3) is 0.933. The molecule has 0 radical (unpaired) electrons. The molecule has 0 spiro atoms. The maximum atomic E-state index is 12.2. The summed E-state index contributed by atoms with van der Waals surface area (Å²) in [5, 5.41) is 13.6. The van der Waals surface area contributed by atoms with Crippen molar-refractivity contribution in [2.24, 2.45) is 5.92 Å². The van der Waals surface area contributed by atoms with Crippen LogP contribution in [0.15, 0.2) is 0 Å². The van der Waals surface area contributed by atoms with Gasteiger partial charge in [-0.2, -0.15) is 0 Å². The number of nitrogens with one attached hydrogen (secondary N) is 1. The van der Waals surface area contributed by atoms with Crippen LogP contribution < -0.4 is 5.32 Å². The maximum Gasteiger partial charge on any atom is 0.317 e. The first-order valence-electron chi connectivity index (χ1n) is 8.04. The molecule has 5 heteroatoms. The van der Waals surface area contributed by atoms with Crippen LogP contribution in [0.1, 0.15) is 44.9 Å². The summed E-state index contributed by atoms with van der Waals surface area (Å²) < 4.78 is 5.52. The lowest BCUT2D eigenvalue weighted by Crippen LogP contribution is -2.56. The number of piperidine rings is 1. The van der Waals surface area contributed by atoms with Gasteiger partial charge in [-0.05, 0) is 32.1 Å². The van der Waals surface area contributed by atoms with Gasteiger partial charge in [0, 0.05) is 32.2 Å². The summed E-state index contributed by atoms with van der Waals surface area (Å²) in [4.78, 5) is 14.1. The van der Waals surface area contributed by atoms with Gasteiger partial charge in [0.15, 0.2) is 0 Å². The van der Waals surface area contributed by atoms with Crippen LogP contribution in [0.4, 0.5) is 4.79 Å². The third-order valence-corrected chi connectivity index (χ3v) is 5.22. The summed E-state index contributed by atoms with van der Waals surface area (Å²) in [6.07, 6.45) is 7.31. The Morgan fingerprint density at radius 1 is 1.30 bits per heavy atom. The summed E-state index contributed by atoms with van der Waals surface area (Å²) in [6, 6.07) is 0.00752. The number of carbonyl (C=O) groups excluding carboxylic acids is 1. The summed E-state index contributed by atoms with van der Waals surface area (Å²) in [5.41, 5.74) is -0.510. The standard InChI is InChI=1S/C15H26N2O3/c18-14(16-10-13-5-3-9-20-13)17-8-7-15(19)6-2-1-4-12(15)11-17/h12-13,19H,1-11H2,(H,16,18). The predicted octanol–water partition coefficient (Wildman–Crippen LogP) is 1.50.